The van der Waals surface area contributed by atoms with Crippen LogP contribution in [0.25, 0.3) is 11.2 Å². The lowest BCUT2D eigenvalue weighted by atomic mass is 10.0. The molecular formula is C20H17F6N8. The van der Waals surface area contributed by atoms with Gasteiger partial charge in [0.15, 0.2) is 5.65 Å². The van der Waals surface area contributed by atoms with E-state index in [9.17, 15) is 26.3 Å². The third-order valence-corrected chi connectivity index (χ3v) is 4.96. The average molecular weight is 483 g/mol. The number of pyridine rings is 1. The third kappa shape index (κ3) is 4.94. The summed E-state index contributed by atoms with van der Waals surface area (Å²) in [4.78, 5) is 11.0. The molecule has 14 heteroatoms. The number of halogens is 6. The van der Waals surface area contributed by atoms with Crippen molar-refractivity contribution in [3.05, 3.63) is 59.0 Å². The second-order valence-corrected chi connectivity index (χ2v) is 7.48. The van der Waals surface area contributed by atoms with Gasteiger partial charge in [-0.25, -0.2) is 9.97 Å². The number of anilines is 1. The minimum absolute atomic E-state index is 0.00872. The number of alkyl halides is 6. The molecule has 0 N–H and O–H groups in total. The highest BCUT2D eigenvalue weighted by Crippen LogP contribution is 2.36. The molecule has 0 aliphatic rings. The summed E-state index contributed by atoms with van der Waals surface area (Å²) in [6.45, 7) is 2.20. The first-order chi connectivity index (χ1) is 15.9. The first-order valence-electron chi connectivity index (χ1n) is 9.94. The fourth-order valence-corrected chi connectivity index (χ4v) is 3.38. The van der Waals surface area contributed by atoms with Crippen molar-refractivity contribution in [3.63, 3.8) is 0 Å². The van der Waals surface area contributed by atoms with Crippen molar-refractivity contribution in [1.29, 1.82) is 0 Å². The maximum absolute atomic E-state index is 13.3. The number of imidazole rings is 1. The molecule has 0 atom stereocenters. The second-order valence-electron chi connectivity index (χ2n) is 7.48. The molecule has 3 aromatic heterocycles. The molecule has 4 rings (SSSR count). The Kier molecular flexibility index (Phi) is 5.91. The molecule has 0 aliphatic carbocycles. The van der Waals surface area contributed by atoms with Gasteiger partial charge in [-0.3, -0.25) is 0 Å². The van der Waals surface area contributed by atoms with E-state index in [4.69, 9.17) is 0 Å². The van der Waals surface area contributed by atoms with Crippen molar-refractivity contribution in [2.24, 2.45) is 7.05 Å². The van der Waals surface area contributed by atoms with Crippen molar-refractivity contribution in [3.8, 4) is 0 Å². The number of tetrazole rings is 1. The maximum Gasteiger partial charge on any atom is 0.416 e. The van der Waals surface area contributed by atoms with Gasteiger partial charge in [-0.05, 0) is 42.0 Å². The largest absolute Gasteiger partial charge is 0.416 e. The standard InChI is InChI=1S/C20H17F6N8/c1-3-33-11-28-16-6-13(8-27-17(16)33)10-34(18-29-31-32(2)30-18)9-12-4-14(19(21,22)23)7-15(5-12)20(24,25)26/h4-7,11H,3,9-10H2,1-2H3. The second kappa shape index (κ2) is 8.57. The van der Waals surface area contributed by atoms with Crippen LogP contribution in [0.15, 0.2) is 30.6 Å². The summed E-state index contributed by atoms with van der Waals surface area (Å²) in [5.74, 6) is 0.0149. The number of aryl methyl sites for hydroxylation is 2. The first-order valence-corrected chi connectivity index (χ1v) is 9.94. The summed E-state index contributed by atoms with van der Waals surface area (Å²) in [6, 6.07) is 3.12. The molecule has 4 aromatic rings. The Morgan fingerprint density at radius 3 is 2.21 bits per heavy atom. The Morgan fingerprint density at radius 2 is 1.65 bits per heavy atom. The lowest BCUT2D eigenvalue weighted by molar-refractivity contribution is -0.143. The summed E-state index contributed by atoms with van der Waals surface area (Å²) < 4.78 is 81.5. The fourth-order valence-electron chi connectivity index (χ4n) is 3.38. The molecule has 179 valence electrons. The van der Waals surface area contributed by atoms with Crippen molar-refractivity contribution >= 4 is 17.1 Å². The van der Waals surface area contributed by atoms with Crippen LogP contribution in [0.5, 0.6) is 0 Å². The molecule has 1 aromatic carbocycles. The highest BCUT2D eigenvalue weighted by atomic mass is 19.4. The molecular weight excluding hydrogens is 466 g/mol. The van der Waals surface area contributed by atoms with Gasteiger partial charge < -0.3 is 9.47 Å². The van der Waals surface area contributed by atoms with Crippen LogP contribution in [-0.4, -0.2) is 34.7 Å². The highest BCUT2D eigenvalue weighted by Gasteiger charge is 2.37. The van der Waals surface area contributed by atoms with Crippen LogP contribution in [0.4, 0.5) is 32.3 Å². The van der Waals surface area contributed by atoms with E-state index < -0.39 is 23.5 Å². The van der Waals surface area contributed by atoms with Gasteiger partial charge in [0.1, 0.15) is 5.52 Å². The van der Waals surface area contributed by atoms with Crippen molar-refractivity contribution in [2.45, 2.75) is 38.9 Å². The van der Waals surface area contributed by atoms with Gasteiger partial charge in [-0.2, -0.15) is 31.1 Å². The van der Waals surface area contributed by atoms with Crippen LogP contribution in [-0.2, 0) is 39.0 Å². The molecule has 0 fully saturated rings. The molecule has 1 radical (unpaired) electrons. The van der Waals surface area contributed by atoms with E-state index in [1.165, 1.54) is 11.9 Å². The molecule has 0 saturated carbocycles. The lowest BCUT2D eigenvalue weighted by Crippen LogP contribution is -2.24. The molecule has 34 heavy (non-hydrogen) atoms. The Bertz CT molecular complexity index is 1270. The van der Waals surface area contributed by atoms with Crippen LogP contribution >= 0.6 is 0 Å². The topological polar surface area (TPSA) is 77.5 Å². The summed E-state index contributed by atoms with van der Waals surface area (Å²) in [5.41, 5.74) is -1.36. The van der Waals surface area contributed by atoms with Crippen LogP contribution in [0.1, 0.15) is 29.2 Å². The molecule has 0 spiro atoms. The number of hydrogen-bond acceptors (Lipinski definition) is 6. The van der Waals surface area contributed by atoms with Gasteiger partial charge in [-0.1, -0.05) is 5.10 Å². The smallest absolute Gasteiger partial charge is 0.329 e. The average Bonchev–Trinajstić information content (AvgIpc) is 3.37. The predicted molar refractivity (Wildman–Crippen MR) is 107 cm³/mol. The number of benzene rings is 1. The van der Waals surface area contributed by atoms with E-state index in [2.05, 4.69) is 31.6 Å². The minimum Gasteiger partial charge on any atom is -0.329 e. The third-order valence-electron chi connectivity index (χ3n) is 4.96. The van der Waals surface area contributed by atoms with Crippen LogP contribution in [0.2, 0.25) is 0 Å². The molecule has 3 heterocycles. The Morgan fingerprint density at radius 1 is 0.971 bits per heavy atom. The monoisotopic (exact) mass is 483 g/mol. The number of hydrogen-bond donors (Lipinski definition) is 0. The van der Waals surface area contributed by atoms with Crippen molar-refractivity contribution in [1.82, 2.24) is 34.7 Å². The molecule has 0 saturated heterocycles. The Balaban J connectivity index is 1.71. The van der Waals surface area contributed by atoms with Crippen molar-refractivity contribution < 1.29 is 26.3 Å². The summed E-state index contributed by atoms with van der Waals surface area (Å²) >= 11 is 0. The first kappa shape index (κ1) is 23.4. The van der Waals surface area contributed by atoms with Gasteiger partial charge in [-0.15, -0.1) is 5.10 Å². The van der Waals surface area contributed by atoms with Gasteiger partial charge in [0.2, 0.25) is 0 Å². The van der Waals surface area contributed by atoms with E-state index >= 15 is 0 Å². The van der Waals surface area contributed by atoms with E-state index in [1.807, 2.05) is 6.92 Å². The maximum atomic E-state index is 13.3. The van der Waals surface area contributed by atoms with Crippen LogP contribution < -0.4 is 4.90 Å². The number of fused-ring (bicyclic) bond motifs is 1. The van der Waals surface area contributed by atoms with Crippen LogP contribution in [0, 0.1) is 6.20 Å². The fraction of sp³-hybridized carbons (Fsp3) is 0.350. The zero-order chi connectivity index (χ0) is 24.7. The summed E-state index contributed by atoms with van der Waals surface area (Å²) in [5, 5.41) is 11.6. The van der Waals surface area contributed by atoms with Gasteiger partial charge in [0.05, 0.1) is 30.7 Å². The lowest BCUT2D eigenvalue weighted by Gasteiger charge is -2.22. The van der Waals surface area contributed by atoms with Crippen LogP contribution in [0.3, 0.4) is 0 Å². The quantitative estimate of drug-likeness (QED) is 0.386. The molecule has 0 aliphatic heterocycles. The summed E-state index contributed by atoms with van der Waals surface area (Å²) in [6.07, 6.45) is -5.45. The molecule has 0 amide bonds. The van der Waals surface area contributed by atoms with Gasteiger partial charge in [0.25, 0.3) is 5.95 Å². The minimum atomic E-state index is -4.95. The Hall–Kier alpha value is -3.71. The summed E-state index contributed by atoms with van der Waals surface area (Å²) in [7, 11) is 1.48. The normalized spacial score (nSPS) is 12.5. The zero-order valence-corrected chi connectivity index (χ0v) is 17.9. The van der Waals surface area contributed by atoms with E-state index in [0.29, 0.717) is 35.4 Å². The van der Waals surface area contributed by atoms with E-state index in [0.717, 1.165) is 4.80 Å². The molecule has 0 unspecified atom stereocenters. The van der Waals surface area contributed by atoms with Gasteiger partial charge >= 0.3 is 12.4 Å². The number of rotatable bonds is 6. The van der Waals surface area contributed by atoms with Crippen molar-refractivity contribution in [2.75, 3.05) is 4.90 Å². The SMILES string of the molecule is CCn1cnc2cc(CN(Cc3cc(C(F)(F)F)cc(C(F)(F)F)c3)c3nnn(C)n3)[c]nc21. The highest BCUT2D eigenvalue weighted by molar-refractivity contribution is 5.71. The number of nitrogens with zero attached hydrogens (tertiary/aromatic N) is 8. The van der Waals surface area contributed by atoms with Gasteiger partial charge in [0, 0.05) is 25.2 Å². The molecule has 8 nitrogen and oxygen atoms in total. The van der Waals surface area contributed by atoms with E-state index in [-0.39, 0.29) is 30.7 Å². The Labute approximate surface area is 188 Å². The van der Waals surface area contributed by atoms with E-state index in [1.54, 1.807) is 17.0 Å². The zero-order valence-electron chi connectivity index (χ0n) is 17.9. The predicted octanol–water partition coefficient (Wildman–Crippen LogP) is 4.02. The number of aromatic nitrogens is 7. The molecule has 0 bridgehead atoms.